The van der Waals surface area contributed by atoms with E-state index in [2.05, 4.69) is 101 Å². The molecule has 0 saturated heterocycles. The second-order valence-corrected chi connectivity index (χ2v) is 15.1. The summed E-state index contributed by atoms with van der Waals surface area (Å²) in [6, 6.07) is 40.8. The van der Waals surface area contributed by atoms with Gasteiger partial charge in [-0.05, 0) is 13.1 Å². The van der Waals surface area contributed by atoms with E-state index in [0.29, 0.717) is 39.3 Å². The molecule has 0 atom stereocenters. The highest BCUT2D eigenvalue weighted by molar-refractivity contribution is 5.58. The Hall–Kier alpha value is -6.40. The van der Waals surface area contributed by atoms with Crippen LogP contribution in [0, 0.1) is 0 Å². The average Bonchev–Trinajstić information content (AvgIpc) is 4.00. The summed E-state index contributed by atoms with van der Waals surface area (Å²) >= 11 is 0. The normalized spacial score (nSPS) is 11.7. The molecule has 0 unspecified atom stereocenters. The smallest absolute Gasteiger partial charge is 0.140 e. The van der Waals surface area contributed by atoms with Gasteiger partial charge >= 0.3 is 0 Å². The van der Waals surface area contributed by atoms with Gasteiger partial charge in [0, 0.05) is 101 Å². The van der Waals surface area contributed by atoms with Crippen LogP contribution < -0.4 is 5.11 Å². The Morgan fingerprint density at radius 2 is 0.621 bits per heavy atom. The quantitative estimate of drug-likeness (QED) is 0.108. The monoisotopic (exact) mass is 769 g/mol. The molecule has 4 aromatic heterocycles. The molecule has 0 bridgehead atoms. The van der Waals surface area contributed by atoms with Gasteiger partial charge in [-0.1, -0.05) is 121 Å². The van der Waals surface area contributed by atoms with E-state index in [1.807, 2.05) is 101 Å². The minimum absolute atomic E-state index is 0.292. The van der Waals surface area contributed by atoms with Gasteiger partial charge in [-0.15, -0.1) is 6.10 Å². The number of hydrogen-bond donors (Lipinski definition) is 0. The van der Waals surface area contributed by atoms with Gasteiger partial charge in [0.15, 0.2) is 0 Å². The lowest BCUT2D eigenvalue weighted by Gasteiger charge is -2.34. The van der Waals surface area contributed by atoms with Crippen LogP contribution in [0.25, 0.3) is 45.6 Å². The van der Waals surface area contributed by atoms with Gasteiger partial charge in [0.25, 0.3) is 0 Å². The van der Waals surface area contributed by atoms with Crippen molar-refractivity contribution >= 4 is 0 Å². The third-order valence-corrected chi connectivity index (χ3v) is 10.3. The number of aromatic nitrogens is 8. The molecular weight excluding hydrogens is 721 g/mol. The fourth-order valence-corrected chi connectivity index (χ4v) is 7.76. The zero-order chi connectivity index (χ0) is 40.0. The van der Waals surface area contributed by atoms with Crippen LogP contribution in [0.2, 0.25) is 0 Å². The lowest BCUT2D eigenvalue weighted by atomic mass is 10.2. The molecule has 11 heteroatoms. The van der Waals surface area contributed by atoms with Crippen molar-refractivity contribution in [3.63, 3.8) is 0 Å². The second-order valence-electron chi connectivity index (χ2n) is 15.1. The van der Waals surface area contributed by atoms with Gasteiger partial charge in [-0.2, -0.15) is 0 Å². The standard InChI is InChI=1S/C47H49N10O/c1-52-25-39(48-44(52)35-17-9-5-10-18-35)29-56(30-40-26-53(2)45(49-40)36-19-11-6-12-20-36)33-43(58)34-57(31-41-27-54(3)46(50-41)37-21-13-7-14-22-37)32-42-28-55(4)47(51-42)38-23-15-8-16-24-38/h5-28,43H,29-34H2,1-4H3/q-1. The van der Waals surface area contributed by atoms with Crippen molar-refractivity contribution in [3.8, 4) is 45.6 Å². The Kier molecular flexibility index (Phi) is 11.5. The first-order valence-electron chi connectivity index (χ1n) is 19.7. The first-order valence-corrected chi connectivity index (χ1v) is 19.7. The van der Waals surface area contributed by atoms with Crippen LogP contribution in [0.4, 0.5) is 0 Å². The van der Waals surface area contributed by atoms with Crippen molar-refractivity contribution in [2.45, 2.75) is 32.3 Å². The van der Waals surface area contributed by atoms with E-state index in [1.54, 1.807) is 0 Å². The van der Waals surface area contributed by atoms with Crippen molar-refractivity contribution in [2.24, 2.45) is 28.2 Å². The molecule has 0 aliphatic heterocycles. The van der Waals surface area contributed by atoms with E-state index in [4.69, 9.17) is 19.9 Å². The van der Waals surface area contributed by atoms with Gasteiger partial charge < -0.3 is 23.4 Å². The molecule has 0 aliphatic carbocycles. The summed E-state index contributed by atoms with van der Waals surface area (Å²) in [5.41, 5.74) is 7.78. The Balaban J connectivity index is 1.06. The fourth-order valence-electron chi connectivity index (χ4n) is 7.76. The number of aryl methyl sites for hydroxylation is 4. The SMILES string of the molecule is Cn1cc(CN(Cc2cn(C)c(-c3ccccc3)n2)CC([O-])CN(Cc2cn(C)c(-c3ccccc3)n2)Cc2cn(C)c(-c3ccccc3)n2)nc1-c1ccccc1. The molecule has 0 fully saturated rings. The summed E-state index contributed by atoms with van der Waals surface area (Å²) in [4.78, 5) is 24.6. The summed E-state index contributed by atoms with van der Waals surface area (Å²) in [6.07, 6.45) is 7.29. The number of hydrogen-bond acceptors (Lipinski definition) is 7. The predicted molar refractivity (Wildman–Crippen MR) is 227 cm³/mol. The highest BCUT2D eigenvalue weighted by Gasteiger charge is 2.20. The van der Waals surface area contributed by atoms with Crippen molar-refractivity contribution in [1.82, 2.24) is 48.0 Å². The molecule has 8 rings (SSSR count). The minimum atomic E-state index is -0.954. The molecule has 0 saturated carbocycles. The van der Waals surface area contributed by atoms with Crippen molar-refractivity contribution in [3.05, 3.63) is 169 Å². The van der Waals surface area contributed by atoms with Crippen LogP contribution in [0.3, 0.4) is 0 Å². The third-order valence-electron chi connectivity index (χ3n) is 10.3. The molecule has 58 heavy (non-hydrogen) atoms. The van der Waals surface area contributed by atoms with E-state index in [9.17, 15) is 5.11 Å². The van der Waals surface area contributed by atoms with Gasteiger partial charge in [0.05, 0.1) is 22.8 Å². The van der Waals surface area contributed by atoms with Crippen LogP contribution in [-0.4, -0.2) is 67.2 Å². The highest BCUT2D eigenvalue weighted by atomic mass is 16.3. The Bertz CT molecular complexity index is 2190. The Morgan fingerprint density at radius 3 is 0.845 bits per heavy atom. The molecular formula is C47H49N10O-. The molecule has 0 aliphatic rings. The summed E-state index contributed by atoms with van der Waals surface area (Å²) < 4.78 is 8.22. The maximum atomic E-state index is 14.5. The second kappa shape index (κ2) is 17.4. The molecule has 0 radical (unpaired) electrons. The topological polar surface area (TPSA) is 101 Å². The zero-order valence-corrected chi connectivity index (χ0v) is 33.6. The third kappa shape index (κ3) is 9.08. The zero-order valence-electron chi connectivity index (χ0n) is 33.6. The molecule has 4 heterocycles. The summed E-state index contributed by atoms with van der Waals surface area (Å²) in [5, 5.41) is 14.5. The van der Waals surface area contributed by atoms with Gasteiger partial charge in [-0.25, -0.2) is 19.9 Å². The van der Waals surface area contributed by atoms with Crippen molar-refractivity contribution < 1.29 is 5.11 Å². The van der Waals surface area contributed by atoms with Crippen LogP contribution in [0.1, 0.15) is 22.8 Å². The highest BCUT2D eigenvalue weighted by Crippen LogP contribution is 2.24. The molecule has 4 aromatic carbocycles. The summed E-state index contributed by atoms with van der Waals surface area (Å²) in [6.45, 7) is 2.58. The molecule has 11 nitrogen and oxygen atoms in total. The minimum Gasteiger partial charge on any atom is -0.850 e. The lowest BCUT2D eigenvalue weighted by molar-refractivity contribution is -0.423. The maximum Gasteiger partial charge on any atom is 0.140 e. The number of rotatable bonds is 16. The Labute approximate surface area is 340 Å². The molecule has 0 amide bonds. The van der Waals surface area contributed by atoms with E-state index in [0.717, 1.165) is 68.3 Å². The number of nitrogens with zero attached hydrogens (tertiary/aromatic N) is 10. The number of imidazole rings is 4. The Morgan fingerprint density at radius 1 is 0.397 bits per heavy atom. The van der Waals surface area contributed by atoms with Crippen LogP contribution in [0.15, 0.2) is 146 Å². The van der Waals surface area contributed by atoms with Crippen molar-refractivity contribution in [2.75, 3.05) is 13.1 Å². The maximum absolute atomic E-state index is 14.5. The lowest BCUT2D eigenvalue weighted by Crippen LogP contribution is -2.46. The van der Waals surface area contributed by atoms with Crippen LogP contribution in [-0.2, 0) is 54.4 Å². The van der Waals surface area contributed by atoms with Gasteiger partial charge in [0.2, 0.25) is 0 Å². The summed E-state index contributed by atoms with van der Waals surface area (Å²) in [5.74, 6) is 3.56. The fraction of sp³-hybridized carbons (Fsp3) is 0.234. The number of benzene rings is 4. The molecule has 8 aromatic rings. The average molecular weight is 770 g/mol. The predicted octanol–water partition coefficient (Wildman–Crippen LogP) is 6.72. The molecule has 0 N–H and O–H groups in total. The molecule has 294 valence electrons. The first kappa shape index (κ1) is 38.5. The van der Waals surface area contributed by atoms with Crippen LogP contribution in [0.5, 0.6) is 0 Å². The van der Waals surface area contributed by atoms with E-state index < -0.39 is 6.10 Å². The summed E-state index contributed by atoms with van der Waals surface area (Å²) in [7, 11) is 8.07. The molecule has 0 spiro atoms. The van der Waals surface area contributed by atoms with Gasteiger partial charge in [0.1, 0.15) is 23.3 Å². The largest absolute Gasteiger partial charge is 0.850 e. The van der Waals surface area contributed by atoms with Crippen LogP contribution >= 0.6 is 0 Å². The van der Waals surface area contributed by atoms with Gasteiger partial charge in [-0.3, -0.25) is 9.80 Å². The van der Waals surface area contributed by atoms with E-state index >= 15 is 0 Å². The first-order chi connectivity index (χ1) is 28.3. The van der Waals surface area contributed by atoms with E-state index in [1.165, 1.54) is 0 Å². The van der Waals surface area contributed by atoms with Crippen molar-refractivity contribution in [1.29, 1.82) is 0 Å². The van der Waals surface area contributed by atoms with E-state index in [-0.39, 0.29) is 0 Å².